The first-order valence-corrected chi connectivity index (χ1v) is 14.5. The van der Waals surface area contributed by atoms with Gasteiger partial charge in [0.2, 0.25) is 15.9 Å². The highest BCUT2D eigenvalue weighted by molar-refractivity contribution is 7.92. The minimum atomic E-state index is -3.58. The monoisotopic (exact) mass is 570 g/mol. The van der Waals surface area contributed by atoms with Crippen LogP contribution in [0.25, 0.3) is 0 Å². The average molecular weight is 571 g/mol. The van der Waals surface area contributed by atoms with Gasteiger partial charge >= 0.3 is 0 Å². The molecule has 11 heteroatoms. The molecule has 0 aliphatic heterocycles. The number of rotatable bonds is 12. The van der Waals surface area contributed by atoms with Crippen molar-refractivity contribution in [2.45, 2.75) is 31.8 Å². The van der Waals surface area contributed by atoms with E-state index in [1.807, 2.05) is 30.3 Å². The van der Waals surface area contributed by atoms with Crippen LogP contribution >= 0.6 is 0 Å². The molecule has 9 nitrogen and oxygen atoms in total. The zero-order valence-electron chi connectivity index (χ0n) is 22.9. The van der Waals surface area contributed by atoms with Crippen molar-refractivity contribution in [2.75, 3.05) is 30.0 Å². The third-order valence-corrected chi connectivity index (χ3v) is 7.77. The zero-order chi connectivity index (χ0) is 29.4. The predicted octanol–water partition coefficient (Wildman–Crippen LogP) is 3.56. The van der Waals surface area contributed by atoms with E-state index in [0.29, 0.717) is 17.9 Å². The molecule has 3 aromatic rings. The number of carbonyl (C=O) groups is 2. The largest absolute Gasteiger partial charge is 0.497 e. The van der Waals surface area contributed by atoms with Gasteiger partial charge in [0.05, 0.1) is 19.1 Å². The Bertz CT molecular complexity index is 1420. The molecule has 2 amide bonds. The summed E-state index contributed by atoms with van der Waals surface area (Å²) in [7, 11) is -0.766. The molecular formula is C29H35FN4O5S. The van der Waals surface area contributed by atoms with E-state index in [2.05, 4.69) is 10.6 Å². The molecule has 214 valence electrons. The van der Waals surface area contributed by atoms with Gasteiger partial charge < -0.3 is 21.1 Å². The molecule has 40 heavy (non-hydrogen) atoms. The van der Waals surface area contributed by atoms with E-state index >= 15 is 0 Å². The molecule has 0 saturated heterocycles. The first kappa shape index (κ1) is 30.6. The van der Waals surface area contributed by atoms with Gasteiger partial charge in [-0.25, -0.2) is 12.8 Å². The predicted molar refractivity (Wildman–Crippen MR) is 154 cm³/mol. The molecule has 0 saturated carbocycles. The third kappa shape index (κ3) is 8.52. The lowest BCUT2D eigenvalue weighted by atomic mass is 9.92. The molecule has 0 bridgehead atoms. The van der Waals surface area contributed by atoms with Crippen molar-refractivity contribution in [2.24, 2.45) is 11.7 Å². The van der Waals surface area contributed by atoms with Crippen LogP contribution in [-0.2, 0) is 21.2 Å². The Morgan fingerprint density at radius 2 is 1.70 bits per heavy atom. The normalized spacial score (nSPS) is 13.6. The minimum Gasteiger partial charge on any atom is -0.497 e. The van der Waals surface area contributed by atoms with Crippen LogP contribution in [0.5, 0.6) is 5.75 Å². The number of hydrogen-bond donors (Lipinski definition) is 3. The number of ether oxygens (including phenoxy) is 1. The molecule has 0 aliphatic rings. The number of halogens is 1. The van der Waals surface area contributed by atoms with E-state index in [-0.39, 0.29) is 23.6 Å². The summed E-state index contributed by atoms with van der Waals surface area (Å²) >= 11 is 0. The molecule has 0 heterocycles. The Balaban J connectivity index is 1.81. The van der Waals surface area contributed by atoms with E-state index in [9.17, 15) is 22.4 Å². The summed E-state index contributed by atoms with van der Waals surface area (Å²) in [6.45, 7) is 1.73. The van der Waals surface area contributed by atoms with Crippen LogP contribution in [0.15, 0.2) is 72.8 Å². The maximum absolute atomic E-state index is 13.4. The number of nitrogens with zero attached hydrogens (tertiary/aromatic N) is 1. The second-order valence-corrected chi connectivity index (χ2v) is 11.7. The van der Waals surface area contributed by atoms with Gasteiger partial charge in [-0.05, 0) is 54.8 Å². The lowest BCUT2D eigenvalue weighted by molar-refractivity contribution is -0.119. The van der Waals surface area contributed by atoms with E-state index in [4.69, 9.17) is 10.5 Å². The highest BCUT2D eigenvalue weighted by atomic mass is 32.2. The number of anilines is 2. The number of nitrogens with one attached hydrogen (secondary N) is 2. The van der Waals surface area contributed by atoms with Crippen molar-refractivity contribution in [3.05, 3.63) is 89.7 Å². The van der Waals surface area contributed by atoms with Crippen molar-refractivity contribution < 1.29 is 27.1 Å². The highest BCUT2D eigenvalue weighted by Gasteiger charge is 2.26. The van der Waals surface area contributed by atoms with E-state index in [1.165, 1.54) is 56.6 Å². The lowest BCUT2D eigenvalue weighted by Crippen LogP contribution is -2.50. The Morgan fingerprint density at radius 3 is 2.30 bits per heavy atom. The number of hydrogen-bond acceptors (Lipinski definition) is 6. The second kappa shape index (κ2) is 13.4. The van der Waals surface area contributed by atoms with Crippen molar-refractivity contribution in [1.82, 2.24) is 5.32 Å². The van der Waals surface area contributed by atoms with Crippen molar-refractivity contribution in [1.29, 1.82) is 0 Å². The van der Waals surface area contributed by atoms with Crippen molar-refractivity contribution >= 4 is 33.2 Å². The van der Waals surface area contributed by atoms with E-state index < -0.39 is 39.7 Å². The third-order valence-electron chi connectivity index (χ3n) is 6.57. The maximum atomic E-state index is 13.4. The van der Waals surface area contributed by atoms with Gasteiger partial charge in [-0.15, -0.1) is 0 Å². The number of amides is 2. The lowest BCUT2D eigenvalue weighted by Gasteiger charge is -2.27. The number of sulfonamides is 1. The summed E-state index contributed by atoms with van der Waals surface area (Å²) in [6, 6.07) is 18.3. The summed E-state index contributed by atoms with van der Waals surface area (Å²) in [5.41, 5.74) is 8.44. The fraction of sp³-hybridized carbons (Fsp3) is 0.310. The maximum Gasteiger partial charge on any atom is 0.251 e. The first-order valence-electron chi connectivity index (χ1n) is 12.7. The molecule has 0 spiro atoms. The van der Waals surface area contributed by atoms with Crippen molar-refractivity contribution in [3.63, 3.8) is 0 Å². The number of carbonyl (C=O) groups excluding carboxylic acids is 2. The fourth-order valence-corrected chi connectivity index (χ4v) is 4.60. The second-order valence-electron chi connectivity index (χ2n) is 9.72. The van der Waals surface area contributed by atoms with Crippen LogP contribution < -0.4 is 25.4 Å². The molecule has 0 aromatic heterocycles. The molecule has 4 N–H and O–H groups in total. The van der Waals surface area contributed by atoms with Gasteiger partial charge in [0.25, 0.3) is 5.91 Å². The van der Waals surface area contributed by atoms with Crippen LogP contribution in [-0.4, -0.2) is 52.7 Å². The smallest absolute Gasteiger partial charge is 0.251 e. The fourth-order valence-electron chi connectivity index (χ4n) is 4.11. The molecule has 0 fully saturated rings. The Morgan fingerprint density at radius 1 is 1.05 bits per heavy atom. The molecule has 3 atom stereocenters. The summed E-state index contributed by atoms with van der Waals surface area (Å²) in [6.07, 6.45) is 1.72. The first-order chi connectivity index (χ1) is 18.9. The standard InChI is InChI=1S/C29H35FN4O5S/c1-19(28(35)32-23-12-10-22(30)11-13-23)14-26(31)27(15-20-8-6-5-7-9-20)33-29(36)21-16-24(18-25(17-21)39-3)34(2)40(4,37)38/h5-13,16-19,26-27H,14-15,31H2,1-4H3,(H,32,35)(H,33,36)/t19-,26+,27+/m1/s1. The topological polar surface area (TPSA) is 131 Å². The minimum absolute atomic E-state index is 0.192. The molecule has 3 rings (SSSR count). The van der Waals surface area contributed by atoms with Crippen LogP contribution in [0.1, 0.15) is 29.3 Å². The van der Waals surface area contributed by atoms with Crippen LogP contribution in [0.2, 0.25) is 0 Å². The Kier molecular flexibility index (Phi) is 10.2. The van der Waals surface area contributed by atoms with E-state index in [1.54, 1.807) is 6.92 Å². The summed E-state index contributed by atoms with van der Waals surface area (Å²) < 4.78 is 43.7. The highest BCUT2D eigenvalue weighted by Crippen LogP contribution is 2.25. The quantitative estimate of drug-likeness (QED) is 0.305. The molecular weight excluding hydrogens is 535 g/mol. The summed E-state index contributed by atoms with van der Waals surface area (Å²) in [5, 5.41) is 5.73. The van der Waals surface area contributed by atoms with Gasteiger partial charge in [0, 0.05) is 42.4 Å². The van der Waals surface area contributed by atoms with E-state index in [0.717, 1.165) is 16.1 Å². The van der Waals surface area contributed by atoms with Crippen molar-refractivity contribution in [3.8, 4) is 5.75 Å². The Hall–Kier alpha value is -3.96. The van der Waals surface area contributed by atoms with Crippen LogP contribution in [0.3, 0.4) is 0 Å². The average Bonchev–Trinajstić information content (AvgIpc) is 2.93. The molecule has 0 unspecified atom stereocenters. The van der Waals surface area contributed by atoms with Crippen LogP contribution in [0.4, 0.5) is 15.8 Å². The SMILES string of the molecule is COc1cc(C(=O)N[C@@H](Cc2ccccc2)[C@@H](N)C[C@@H](C)C(=O)Nc2ccc(F)cc2)cc(N(C)S(C)(=O)=O)c1. The van der Waals surface area contributed by atoms with Gasteiger partial charge in [-0.3, -0.25) is 13.9 Å². The number of methoxy groups -OCH3 is 1. The zero-order valence-corrected chi connectivity index (χ0v) is 23.7. The summed E-state index contributed by atoms with van der Waals surface area (Å²) in [4.78, 5) is 26.2. The molecule has 3 aromatic carbocycles. The van der Waals surface area contributed by atoms with Gasteiger partial charge in [-0.2, -0.15) is 0 Å². The van der Waals surface area contributed by atoms with Gasteiger partial charge in [-0.1, -0.05) is 37.3 Å². The number of nitrogens with two attached hydrogens (primary N) is 1. The summed E-state index contributed by atoms with van der Waals surface area (Å²) in [5.74, 6) is -1.36. The van der Waals surface area contributed by atoms with Crippen LogP contribution in [0, 0.1) is 11.7 Å². The molecule has 0 aliphatic carbocycles. The van der Waals surface area contributed by atoms with Gasteiger partial charge in [0.15, 0.2) is 0 Å². The molecule has 0 radical (unpaired) electrons. The number of benzene rings is 3. The Labute approximate surface area is 234 Å². The van der Waals surface area contributed by atoms with Gasteiger partial charge in [0.1, 0.15) is 11.6 Å².